The van der Waals surface area contributed by atoms with Crippen LogP contribution in [-0.2, 0) is 4.79 Å². The Morgan fingerprint density at radius 1 is 1.54 bits per heavy atom. The molecule has 0 fully saturated rings. The summed E-state index contributed by atoms with van der Waals surface area (Å²) in [6.07, 6.45) is 6.49. The summed E-state index contributed by atoms with van der Waals surface area (Å²) in [7, 11) is 0. The van der Waals surface area contributed by atoms with Crippen molar-refractivity contribution in [1.82, 2.24) is 5.32 Å². The summed E-state index contributed by atoms with van der Waals surface area (Å²) in [5.41, 5.74) is 0.410. The van der Waals surface area contributed by atoms with Gasteiger partial charge in [-0.15, -0.1) is 0 Å². The molecule has 0 aromatic rings. The second-order valence-electron chi connectivity index (χ2n) is 2.75. The number of carboxylic acid groups (broad SMARTS) is 1. The minimum atomic E-state index is -0.839. The highest BCUT2D eigenvalue weighted by Gasteiger charge is 1.96. The number of carbonyl (C=O) groups is 1. The number of carboxylic acids is 1. The van der Waals surface area contributed by atoms with Gasteiger partial charge in [0.05, 0.1) is 0 Å². The minimum Gasteiger partial charge on any atom is -0.478 e. The molecule has 0 radical (unpaired) electrons. The summed E-state index contributed by atoms with van der Waals surface area (Å²) in [6, 6.07) is 0. The predicted octanol–water partition coefficient (Wildman–Crippen LogP) is 1.57. The highest BCUT2D eigenvalue weighted by Crippen LogP contribution is 1.93. The van der Waals surface area contributed by atoms with E-state index in [1.807, 2.05) is 19.1 Å². The Kier molecular flexibility index (Phi) is 6.92. The number of aliphatic carboxylic acids is 1. The van der Waals surface area contributed by atoms with Crippen LogP contribution in [0.2, 0.25) is 0 Å². The van der Waals surface area contributed by atoms with E-state index in [1.165, 1.54) is 0 Å². The van der Waals surface area contributed by atoms with Gasteiger partial charge in [0.2, 0.25) is 0 Å². The maximum absolute atomic E-state index is 10.4. The Morgan fingerprint density at radius 2 is 2.23 bits per heavy atom. The number of rotatable bonds is 6. The monoisotopic (exact) mass is 183 g/mol. The minimum absolute atomic E-state index is 0.410. The normalized spacial score (nSPS) is 12.3. The van der Waals surface area contributed by atoms with Crippen LogP contribution in [0, 0.1) is 0 Å². The molecule has 2 N–H and O–H groups in total. The van der Waals surface area contributed by atoms with Crippen molar-refractivity contribution in [2.45, 2.75) is 20.3 Å². The molecule has 0 saturated carbocycles. The SMILES string of the molecule is CC=CCNCCC=C(C)C(=O)O. The van der Waals surface area contributed by atoms with Gasteiger partial charge in [0.25, 0.3) is 0 Å². The molecular weight excluding hydrogens is 166 g/mol. The number of nitrogens with one attached hydrogen (secondary N) is 1. The Morgan fingerprint density at radius 3 is 2.77 bits per heavy atom. The smallest absolute Gasteiger partial charge is 0.330 e. The molecule has 0 spiro atoms. The molecule has 0 atom stereocenters. The van der Waals surface area contributed by atoms with Gasteiger partial charge in [-0.2, -0.15) is 0 Å². The third-order valence-corrected chi connectivity index (χ3v) is 1.61. The zero-order valence-corrected chi connectivity index (χ0v) is 8.21. The third kappa shape index (κ3) is 7.28. The lowest BCUT2D eigenvalue weighted by molar-refractivity contribution is -0.132. The Bertz CT molecular complexity index is 207. The highest BCUT2D eigenvalue weighted by molar-refractivity contribution is 5.85. The van der Waals surface area contributed by atoms with Crippen LogP contribution in [0.1, 0.15) is 20.3 Å². The van der Waals surface area contributed by atoms with E-state index in [-0.39, 0.29) is 0 Å². The Hall–Kier alpha value is -1.09. The fraction of sp³-hybridized carbons (Fsp3) is 0.500. The lowest BCUT2D eigenvalue weighted by Crippen LogP contribution is -2.14. The summed E-state index contributed by atoms with van der Waals surface area (Å²) in [5, 5.41) is 11.7. The largest absolute Gasteiger partial charge is 0.478 e. The number of hydrogen-bond donors (Lipinski definition) is 2. The van der Waals surface area contributed by atoms with Gasteiger partial charge in [-0.25, -0.2) is 4.79 Å². The van der Waals surface area contributed by atoms with Gasteiger partial charge < -0.3 is 10.4 Å². The van der Waals surface area contributed by atoms with Crippen LogP contribution in [0.5, 0.6) is 0 Å². The molecule has 0 aromatic carbocycles. The molecule has 3 nitrogen and oxygen atoms in total. The molecule has 0 amide bonds. The maximum Gasteiger partial charge on any atom is 0.330 e. The zero-order chi connectivity index (χ0) is 10.1. The van der Waals surface area contributed by atoms with Crippen molar-refractivity contribution in [2.24, 2.45) is 0 Å². The van der Waals surface area contributed by atoms with E-state index in [1.54, 1.807) is 13.0 Å². The fourth-order valence-corrected chi connectivity index (χ4v) is 0.781. The molecule has 0 rings (SSSR count). The van der Waals surface area contributed by atoms with Gasteiger partial charge in [0, 0.05) is 12.1 Å². The van der Waals surface area contributed by atoms with E-state index < -0.39 is 5.97 Å². The van der Waals surface area contributed by atoms with E-state index >= 15 is 0 Å². The van der Waals surface area contributed by atoms with Crippen LogP contribution < -0.4 is 5.32 Å². The first-order chi connectivity index (χ1) is 6.18. The summed E-state index contributed by atoms with van der Waals surface area (Å²) < 4.78 is 0. The summed E-state index contributed by atoms with van der Waals surface area (Å²) in [5.74, 6) is -0.839. The average Bonchev–Trinajstić information content (AvgIpc) is 2.10. The van der Waals surface area contributed by atoms with Crippen molar-refractivity contribution < 1.29 is 9.90 Å². The fourth-order valence-electron chi connectivity index (χ4n) is 0.781. The van der Waals surface area contributed by atoms with E-state index in [2.05, 4.69) is 5.32 Å². The van der Waals surface area contributed by atoms with Gasteiger partial charge in [-0.3, -0.25) is 0 Å². The molecule has 0 saturated heterocycles. The van der Waals surface area contributed by atoms with Crippen LogP contribution in [0.4, 0.5) is 0 Å². The zero-order valence-electron chi connectivity index (χ0n) is 8.21. The predicted molar refractivity (Wildman–Crippen MR) is 53.7 cm³/mol. The van der Waals surface area contributed by atoms with Crippen molar-refractivity contribution in [1.29, 1.82) is 0 Å². The molecule has 0 bridgehead atoms. The molecule has 0 heterocycles. The van der Waals surface area contributed by atoms with Gasteiger partial charge in [0.15, 0.2) is 0 Å². The van der Waals surface area contributed by atoms with Crippen LogP contribution in [0.3, 0.4) is 0 Å². The first-order valence-electron chi connectivity index (χ1n) is 4.40. The lowest BCUT2D eigenvalue weighted by atomic mass is 10.2. The molecule has 74 valence electrons. The van der Waals surface area contributed by atoms with E-state index in [9.17, 15) is 4.79 Å². The molecule has 0 unspecified atom stereocenters. The van der Waals surface area contributed by atoms with E-state index in [4.69, 9.17) is 5.11 Å². The van der Waals surface area contributed by atoms with Crippen molar-refractivity contribution in [3.05, 3.63) is 23.8 Å². The molecule has 3 heteroatoms. The topological polar surface area (TPSA) is 49.3 Å². The molecular formula is C10H17NO2. The third-order valence-electron chi connectivity index (χ3n) is 1.61. The molecule has 0 aliphatic rings. The quantitative estimate of drug-likeness (QED) is 0.373. The average molecular weight is 183 g/mol. The Balaban J connectivity index is 3.44. The van der Waals surface area contributed by atoms with Crippen LogP contribution in [0.15, 0.2) is 23.8 Å². The van der Waals surface area contributed by atoms with Crippen LogP contribution in [0.25, 0.3) is 0 Å². The van der Waals surface area contributed by atoms with Gasteiger partial charge in [-0.1, -0.05) is 18.2 Å². The van der Waals surface area contributed by atoms with Crippen molar-refractivity contribution in [2.75, 3.05) is 13.1 Å². The van der Waals surface area contributed by atoms with Crippen LogP contribution >= 0.6 is 0 Å². The Labute approximate surface area is 79.2 Å². The molecule has 0 aliphatic carbocycles. The second kappa shape index (κ2) is 7.55. The second-order valence-corrected chi connectivity index (χ2v) is 2.75. The van der Waals surface area contributed by atoms with E-state index in [0.29, 0.717) is 5.57 Å². The summed E-state index contributed by atoms with van der Waals surface area (Å²) in [4.78, 5) is 10.4. The molecule has 0 aliphatic heterocycles. The first-order valence-corrected chi connectivity index (χ1v) is 4.40. The molecule has 13 heavy (non-hydrogen) atoms. The van der Waals surface area contributed by atoms with Gasteiger partial charge in [-0.05, 0) is 26.8 Å². The summed E-state index contributed by atoms with van der Waals surface area (Å²) >= 11 is 0. The van der Waals surface area contributed by atoms with Crippen molar-refractivity contribution in [3.8, 4) is 0 Å². The molecule has 0 aromatic heterocycles. The number of allylic oxidation sites excluding steroid dienone is 1. The van der Waals surface area contributed by atoms with Crippen LogP contribution in [-0.4, -0.2) is 24.2 Å². The first kappa shape index (κ1) is 11.9. The van der Waals surface area contributed by atoms with Gasteiger partial charge >= 0.3 is 5.97 Å². The van der Waals surface area contributed by atoms with Crippen molar-refractivity contribution >= 4 is 5.97 Å². The number of hydrogen-bond acceptors (Lipinski definition) is 2. The standard InChI is InChI=1S/C10H17NO2/c1-3-4-7-11-8-5-6-9(2)10(12)13/h3-4,6,11H,5,7-8H2,1-2H3,(H,12,13). The van der Waals surface area contributed by atoms with E-state index in [0.717, 1.165) is 19.5 Å². The van der Waals surface area contributed by atoms with Crippen molar-refractivity contribution in [3.63, 3.8) is 0 Å². The van der Waals surface area contributed by atoms with Gasteiger partial charge in [0.1, 0.15) is 0 Å². The maximum atomic E-state index is 10.4. The lowest BCUT2D eigenvalue weighted by Gasteiger charge is -1.97. The summed E-state index contributed by atoms with van der Waals surface area (Å²) in [6.45, 7) is 5.23. The highest BCUT2D eigenvalue weighted by atomic mass is 16.4.